The lowest BCUT2D eigenvalue weighted by Crippen LogP contribution is -1.88. The third kappa shape index (κ3) is 2.07. The molecular weight excluding hydrogens is 248 g/mol. The maximum Gasteiger partial charge on any atom is 0.137 e. The highest BCUT2D eigenvalue weighted by Gasteiger charge is 2.16. The molecule has 2 nitrogen and oxygen atoms in total. The summed E-state index contributed by atoms with van der Waals surface area (Å²) in [5, 5.41) is 0. The summed E-state index contributed by atoms with van der Waals surface area (Å²) in [6.07, 6.45) is 1.68. The zero-order valence-electron chi connectivity index (χ0n) is 12.3. The van der Waals surface area contributed by atoms with Crippen LogP contribution in [0, 0.1) is 27.7 Å². The first-order valence-corrected chi connectivity index (χ1v) is 6.79. The topological polar surface area (TPSA) is 26.3 Å². The van der Waals surface area contributed by atoms with Crippen molar-refractivity contribution in [1.82, 2.24) is 0 Å². The fraction of sp³-hybridized carbons (Fsp3) is 0.222. The van der Waals surface area contributed by atoms with Crippen LogP contribution in [0.3, 0.4) is 0 Å². The van der Waals surface area contributed by atoms with Gasteiger partial charge in [0.25, 0.3) is 0 Å². The number of benzene rings is 1. The van der Waals surface area contributed by atoms with Crippen LogP contribution in [-0.4, -0.2) is 0 Å². The number of aryl methyl sites for hydroxylation is 4. The van der Waals surface area contributed by atoms with Gasteiger partial charge in [0, 0.05) is 5.56 Å². The normalized spacial score (nSPS) is 11.0. The van der Waals surface area contributed by atoms with Crippen LogP contribution in [-0.2, 0) is 0 Å². The predicted molar refractivity (Wildman–Crippen MR) is 80.8 cm³/mol. The van der Waals surface area contributed by atoms with Gasteiger partial charge in [0.05, 0.1) is 11.8 Å². The first kappa shape index (κ1) is 12.8. The Hall–Kier alpha value is -2.22. The Bertz CT molecular complexity index is 723. The number of furan rings is 2. The lowest BCUT2D eigenvalue weighted by molar-refractivity contribution is 0.542. The van der Waals surface area contributed by atoms with E-state index in [4.69, 9.17) is 8.83 Å². The summed E-state index contributed by atoms with van der Waals surface area (Å²) in [7, 11) is 0. The van der Waals surface area contributed by atoms with Crippen LogP contribution in [0.25, 0.3) is 22.6 Å². The summed E-state index contributed by atoms with van der Waals surface area (Å²) in [6.45, 7) is 8.34. The van der Waals surface area contributed by atoms with E-state index in [0.29, 0.717) is 0 Å². The van der Waals surface area contributed by atoms with Crippen molar-refractivity contribution in [2.45, 2.75) is 27.7 Å². The highest BCUT2D eigenvalue weighted by molar-refractivity contribution is 5.73. The van der Waals surface area contributed by atoms with E-state index >= 15 is 0 Å². The Labute approximate surface area is 119 Å². The summed E-state index contributed by atoms with van der Waals surface area (Å²) in [5.74, 6) is 2.64. The van der Waals surface area contributed by atoms with Gasteiger partial charge >= 0.3 is 0 Å². The number of hydrogen-bond acceptors (Lipinski definition) is 2. The maximum absolute atomic E-state index is 5.97. The van der Waals surface area contributed by atoms with Gasteiger partial charge in [-0.25, -0.2) is 0 Å². The lowest BCUT2D eigenvalue weighted by atomic mass is 9.97. The molecule has 0 spiro atoms. The van der Waals surface area contributed by atoms with E-state index in [2.05, 4.69) is 39.0 Å². The second-order valence-electron chi connectivity index (χ2n) is 5.33. The van der Waals surface area contributed by atoms with Gasteiger partial charge in [0.2, 0.25) is 0 Å². The molecule has 0 bridgehead atoms. The van der Waals surface area contributed by atoms with Gasteiger partial charge < -0.3 is 8.83 Å². The van der Waals surface area contributed by atoms with E-state index in [0.717, 1.165) is 22.8 Å². The fourth-order valence-corrected chi connectivity index (χ4v) is 2.85. The van der Waals surface area contributed by atoms with Crippen LogP contribution < -0.4 is 0 Å². The molecule has 1 aromatic carbocycles. The Morgan fingerprint density at radius 3 is 2.15 bits per heavy atom. The SMILES string of the molecule is Cc1cc(C)c(-c2cc(-c3ccco3)c(C)o2)c(C)c1. The molecule has 0 aliphatic carbocycles. The van der Waals surface area contributed by atoms with Gasteiger partial charge in [-0.2, -0.15) is 0 Å². The molecule has 2 aromatic heterocycles. The average molecular weight is 266 g/mol. The van der Waals surface area contributed by atoms with Crippen molar-refractivity contribution in [3.63, 3.8) is 0 Å². The third-order valence-electron chi connectivity index (χ3n) is 3.63. The first-order chi connectivity index (χ1) is 9.56. The summed E-state index contributed by atoms with van der Waals surface area (Å²) in [6, 6.07) is 10.3. The molecular formula is C18H18O2. The van der Waals surface area contributed by atoms with E-state index in [9.17, 15) is 0 Å². The van der Waals surface area contributed by atoms with Crippen LogP contribution in [0.15, 0.2) is 45.4 Å². The Morgan fingerprint density at radius 1 is 0.850 bits per heavy atom. The molecule has 2 heteroatoms. The summed E-state index contributed by atoms with van der Waals surface area (Å²) < 4.78 is 11.4. The van der Waals surface area contributed by atoms with Crippen molar-refractivity contribution in [3.05, 3.63) is 59.0 Å². The average Bonchev–Trinajstić information content (AvgIpc) is 2.97. The molecule has 0 atom stereocenters. The molecule has 0 fully saturated rings. The van der Waals surface area contributed by atoms with Crippen molar-refractivity contribution in [1.29, 1.82) is 0 Å². The first-order valence-electron chi connectivity index (χ1n) is 6.79. The zero-order chi connectivity index (χ0) is 14.3. The van der Waals surface area contributed by atoms with E-state index in [1.807, 2.05) is 19.1 Å². The molecule has 3 aromatic rings. The molecule has 0 aliphatic rings. The molecule has 0 amide bonds. The van der Waals surface area contributed by atoms with Crippen molar-refractivity contribution in [2.24, 2.45) is 0 Å². The lowest BCUT2D eigenvalue weighted by Gasteiger charge is -2.08. The fourth-order valence-electron chi connectivity index (χ4n) is 2.85. The Balaban J connectivity index is 2.15. The quantitative estimate of drug-likeness (QED) is 0.617. The molecule has 2 heterocycles. The maximum atomic E-state index is 5.97. The molecule has 0 N–H and O–H groups in total. The van der Waals surface area contributed by atoms with Gasteiger partial charge in [-0.1, -0.05) is 17.7 Å². The van der Waals surface area contributed by atoms with Gasteiger partial charge in [-0.15, -0.1) is 0 Å². The molecule has 0 saturated heterocycles. The minimum atomic E-state index is 0.847. The number of hydrogen-bond donors (Lipinski definition) is 0. The molecule has 102 valence electrons. The van der Waals surface area contributed by atoms with E-state index in [1.165, 1.54) is 22.3 Å². The monoisotopic (exact) mass is 266 g/mol. The molecule has 0 radical (unpaired) electrons. The standard InChI is InChI=1S/C18H18O2/c1-11-8-12(2)18(13(3)9-11)17-10-15(14(4)20-17)16-6-5-7-19-16/h5-10H,1-4H3. The second-order valence-corrected chi connectivity index (χ2v) is 5.33. The summed E-state index contributed by atoms with van der Waals surface area (Å²) in [5.41, 5.74) is 5.95. The molecule has 20 heavy (non-hydrogen) atoms. The zero-order valence-corrected chi connectivity index (χ0v) is 12.3. The number of rotatable bonds is 2. The largest absolute Gasteiger partial charge is 0.464 e. The minimum Gasteiger partial charge on any atom is -0.464 e. The highest BCUT2D eigenvalue weighted by atomic mass is 16.3. The van der Waals surface area contributed by atoms with Crippen molar-refractivity contribution < 1.29 is 8.83 Å². The van der Waals surface area contributed by atoms with Gasteiger partial charge in [-0.3, -0.25) is 0 Å². The van der Waals surface area contributed by atoms with E-state index < -0.39 is 0 Å². The van der Waals surface area contributed by atoms with Crippen LogP contribution >= 0.6 is 0 Å². The molecule has 3 rings (SSSR count). The van der Waals surface area contributed by atoms with Gasteiger partial charge in [-0.05, 0) is 57.0 Å². The molecule has 0 saturated carbocycles. The van der Waals surface area contributed by atoms with E-state index in [1.54, 1.807) is 6.26 Å². The van der Waals surface area contributed by atoms with Crippen LogP contribution in [0.4, 0.5) is 0 Å². The van der Waals surface area contributed by atoms with E-state index in [-0.39, 0.29) is 0 Å². The van der Waals surface area contributed by atoms with Crippen molar-refractivity contribution >= 4 is 0 Å². The van der Waals surface area contributed by atoms with Crippen molar-refractivity contribution in [2.75, 3.05) is 0 Å². The Kier molecular flexibility index (Phi) is 3.01. The molecule has 0 unspecified atom stereocenters. The smallest absolute Gasteiger partial charge is 0.137 e. The third-order valence-corrected chi connectivity index (χ3v) is 3.63. The summed E-state index contributed by atoms with van der Waals surface area (Å²) >= 11 is 0. The van der Waals surface area contributed by atoms with Gasteiger partial charge in [0.15, 0.2) is 0 Å². The van der Waals surface area contributed by atoms with Crippen molar-refractivity contribution in [3.8, 4) is 22.6 Å². The summed E-state index contributed by atoms with van der Waals surface area (Å²) in [4.78, 5) is 0. The van der Waals surface area contributed by atoms with Crippen LogP contribution in [0.5, 0.6) is 0 Å². The molecule has 0 aliphatic heterocycles. The minimum absolute atomic E-state index is 0.847. The highest BCUT2D eigenvalue weighted by Crippen LogP contribution is 2.35. The van der Waals surface area contributed by atoms with Crippen LogP contribution in [0.1, 0.15) is 22.5 Å². The van der Waals surface area contributed by atoms with Gasteiger partial charge in [0.1, 0.15) is 17.3 Å². The Morgan fingerprint density at radius 2 is 1.55 bits per heavy atom. The van der Waals surface area contributed by atoms with Crippen LogP contribution in [0.2, 0.25) is 0 Å². The predicted octanol–water partition coefficient (Wildman–Crippen LogP) is 5.44. The second kappa shape index (κ2) is 4.71.